The smallest absolute Gasteiger partial charge is 0.0495 e. The molecule has 2 nitrogen and oxygen atoms in total. The number of hydrogen-bond donors (Lipinski definition) is 2. The van der Waals surface area contributed by atoms with Gasteiger partial charge < -0.3 is 11.1 Å². The third-order valence-electron chi connectivity index (χ3n) is 4.75. The Morgan fingerprint density at radius 2 is 2.00 bits per heavy atom. The van der Waals surface area contributed by atoms with E-state index in [9.17, 15) is 0 Å². The van der Waals surface area contributed by atoms with E-state index in [-0.39, 0.29) is 5.54 Å². The molecule has 0 unspecified atom stereocenters. The molecule has 0 atom stereocenters. The lowest BCUT2D eigenvalue weighted by atomic mass is 9.72. The van der Waals surface area contributed by atoms with E-state index in [0.29, 0.717) is 0 Å². The summed E-state index contributed by atoms with van der Waals surface area (Å²) in [6.07, 6.45) is 4.99. The molecular formula is C17H28N2. The second-order valence-electron chi connectivity index (χ2n) is 6.56. The summed E-state index contributed by atoms with van der Waals surface area (Å²) in [5.41, 5.74) is 8.71. The van der Waals surface area contributed by atoms with Gasteiger partial charge in [-0.15, -0.1) is 0 Å². The van der Waals surface area contributed by atoms with Crippen LogP contribution in [0.2, 0.25) is 0 Å². The second kappa shape index (κ2) is 5.96. The van der Waals surface area contributed by atoms with Gasteiger partial charge in [0.2, 0.25) is 0 Å². The first kappa shape index (κ1) is 14.4. The van der Waals surface area contributed by atoms with Crippen molar-refractivity contribution in [3.05, 3.63) is 29.8 Å². The van der Waals surface area contributed by atoms with Crippen LogP contribution in [0.5, 0.6) is 0 Å². The van der Waals surface area contributed by atoms with Crippen LogP contribution in [0, 0.1) is 18.8 Å². The van der Waals surface area contributed by atoms with Crippen LogP contribution in [0.1, 0.15) is 45.1 Å². The van der Waals surface area contributed by atoms with E-state index < -0.39 is 0 Å². The largest absolute Gasteiger partial charge is 0.378 e. The van der Waals surface area contributed by atoms with E-state index in [1.807, 2.05) is 0 Å². The van der Waals surface area contributed by atoms with Crippen molar-refractivity contribution in [2.75, 3.05) is 11.9 Å². The van der Waals surface area contributed by atoms with Crippen molar-refractivity contribution in [2.24, 2.45) is 17.6 Å². The third kappa shape index (κ3) is 3.50. The molecule has 19 heavy (non-hydrogen) atoms. The highest BCUT2D eigenvalue weighted by Gasteiger charge is 2.34. The molecule has 0 aliphatic heterocycles. The van der Waals surface area contributed by atoms with Gasteiger partial charge in [0.1, 0.15) is 0 Å². The summed E-state index contributed by atoms with van der Waals surface area (Å²) in [5, 5.41) is 3.72. The van der Waals surface area contributed by atoms with Crippen LogP contribution in [0.3, 0.4) is 0 Å². The summed E-state index contributed by atoms with van der Waals surface area (Å²) in [5.74, 6) is 1.67. The van der Waals surface area contributed by atoms with E-state index in [1.54, 1.807) is 0 Å². The highest BCUT2D eigenvalue weighted by atomic mass is 15.0. The predicted molar refractivity (Wildman–Crippen MR) is 83.4 cm³/mol. The van der Waals surface area contributed by atoms with Crippen LogP contribution < -0.4 is 11.1 Å². The predicted octanol–water partition coefficient (Wildman–Crippen LogP) is 3.95. The molecule has 1 aliphatic rings. The molecule has 1 saturated carbocycles. The van der Waals surface area contributed by atoms with Crippen molar-refractivity contribution in [3.8, 4) is 0 Å². The minimum absolute atomic E-state index is 0.110. The first-order chi connectivity index (χ1) is 9.04. The monoisotopic (exact) mass is 260 g/mol. The number of nitrogens with two attached hydrogens (primary N) is 1. The Morgan fingerprint density at radius 1 is 1.32 bits per heavy atom. The molecule has 1 aromatic rings. The molecule has 3 N–H and O–H groups in total. The summed E-state index contributed by atoms with van der Waals surface area (Å²) >= 11 is 0. The van der Waals surface area contributed by atoms with Gasteiger partial charge in [-0.25, -0.2) is 0 Å². The fourth-order valence-corrected chi connectivity index (χ4v) is 3.27. The Morgan fingerprint density at radius 3 is 2.53 bits per heavy atom. The number of nitrogens with one attached hydrogen (secondary N) is 1. The highest BCUT2D eigenvalue weighted by Crippen LogP contribution is 2.37. The maximum Gasteiger partial charge on any atom is 0.0495 e. The quantitative estimate of drug-likeness (QED) is 0.860. The van der Waals surface area contributed by atoms with Crippen molar-refractivity contribution in [1.29, 1.82) is 0 Å². The van der Waals surface area contributed by atoms with E-state index in [4.69, 9.17) is 5.73 Å². The van der Waals surface area contributed by atoms with Crippen LogP contribution in [-0.4, -0.2) is 12.1 Å². The van der Waals surface area contributed by atoms with E-state index in [1.165, 1.54) is 36.9 Å². The Bertz CT molecular complexity index is 403. The van der Waals surface area contributed by atoms with Crippen molar-refractivity contribution in [3.63, 3.8) is 0 Å². The molecule has 0 aromatic heterocycles. The molecule has 0 bridgehead atoms. The van der Waals surface area contributed by atoms with E-state index >= 15 is 0 Å². The maximum absolute atomic E-state index is 6.08. The standard InChI is InChI=1S/C17H28N2/c1-13(2)15-7-9-17(12-18,10-8-15)19-16-6-4-5-14(3)11-16/h4-6,11,13,15,19H,7-10,12,18H2,1-3H3. The first-order valence-electron chi connectivity index (χ1n) is 7.59. The number of anilines is 1. The number of benzene rings is 1. The highest BCUT2D eigenvalue weighted by molar-refractivity contribution is 5.48. The zero-order chi connectivity index (χ0) is 13.9. The molecule has 0 heterocycles. The van der Waals surface area contributed by atoms with Crippen molar-refractivity contribution in [2.45, 2.75) is 52.0 Å². The Labute approximate surface area is 117 Å². The molecule has 1 fully saturated rings. The Hall–Kier alpha value is -1.02. The number of hydrogen-bond acceptors (Lipinski definition) is 2. The van der Waals surface area contributed by atoms with Crippen molar-refractivity contribution >= 4 is 5.69 Å². The normalized spacial score (nSPS) is 27.5. The average Bonchev–Trinajstić information content (AvgIpc) is 2.39. The van der Waals surface area contributed by atoms with Gasteiger partial charge in [0.05, 0.1) is 0 Å². The summed E-state index contributed by atoms with van der Waals surface area (Å²) < 4.78 is 0. The molecule has 1 aliphatic carbocycles. The van der Waals surface area contributed by atoms with Crippen LogP contribution in [0.4, 0.5) is 5.69 Å². The minimum Gasteiger partial charge on any atom is -0.378 e. The fraction of sp³-hybridized carbons (Fsp3) is 0.647. The lowest BCUT2D eigenvalue weighted by molar-refractivity contribution is 0.213. The third-order valence-corrected chi connectivity index (χ3v) is 4.75. The zero-order valence-corrected chi connectivity index (χ0v) is 12.6. The van der Waals surface area contributed by atoms with Crippen molar-refractivity contribution < 1.29 is 0 Å². The molecule has 0 amide bonds. The molecule has 0 saturated heterocycles. The average molecular weight is 260 g/mol. The van der Waals surface area contributed by atoms with Crippen LogP contribution >= 0.6 is 0 Å². The van der Waals surface area contributed by atoms with Gasteiger partial charge in [-0.1, -0.05) is 26.0 Å². The summed E-state index contributed by atoms with van der Waals surface area (Å²) in [7, 11) is 0. The molecule has 0 radical (unpaired) electrons. The number of rotatable bonds is 4. The molecule has 1 aromatic carbocycles. The topological polar surface area (TPSA) is 38.0 Å². The van der Waals surface area contributed by atoms with Gasteiger partial charge in [-0.3, -0.25) is 0 Å². The molecule has 2 rings (SSSR count). The van der Waals surface area contributed by atoms with Gasteiger partial charge in [-0.2, -0.15) is 0 Å². The SMILES string of the molecule is Cc1cccc(NC2(CN)CCC(C(C)C)CC2)c1. The lowest BCUT2D eigenvalue weighted by Crippen LogP contribution is -2.48. The number of aryl methyl sites for hydroxylation is 1. The Balaban J connectivity index is 2.04. The summed E-state index contributed by atoms with van der Waals surface area (Å²) in [6.45, 7) is 7.55. The summed E-state index contributed by atoms with van der Waals surface area (Å²) in [6, 6.07) is 8.61. The van der Waals surface area contributed by atoms with Crippen LogP contribution in [0.25, 0.3) is 0 Å². The first-order valence-corrected chi connectivity index (χ1v) is 7.59. The lowest BCUT2D eigenvalue weighted by Gasteiger charge is -2.42. The second-order valence-corrected chi connectivity index (χ2v) is 6.56. The molecule has 0 spiro atoms. The van der Waals surface area contributed by atoms with Gasteiger partial charge in [-0.05, 0) is 62.1 Å². The van der Waals surface area contributed by atoms with Gasteiger partial charge >= 0.3 is 0 Å². The van der Waals surface area contributed by atoms with E-state index in [0.717, 1.165) is 18.4 Å². The molecular weight excluding hydrogens is 232 g/mol. The Kier molecular flexibility index (Phi) is 4.51. The fourth-order valence-electron chi connectivity index (χ4n) is 3.27. The summed E-state index contributed by atoms with van der Waals surface area (Å²) in [4.78, 5) is 0. The van der Waals surface area contributed by atoms with Gasteiger partial charge in [0, 0.05) is 17.8 Å². The van der Waals surface area contributed by atoms with E-state index in [2.05, 4.69) is 50.4 Å². The molecule has 2 heteroatoms. The zero-order valence-electron chi connectivity index (χ0n) is 12.6. The van der Waals surface area contributed by atoms with Gasteiger partial charge in [0.25, 0.3) is 0 Å². The van der Waals surface area contributed by atoms with Crippen LogP contribution in [-0.2, 0) is 0 Å². The maximum atomic E-state index is 6.08. The van der Waals surface area contributed by atoms with Crippen molar-refractivity contribution in [1.82, 2.24) is 0 Å². The van der Waals surface area contributed by atoms with Crippen LogP contribution in [0.15, 0.2) is 24.3 Å². The van der Waals surface area contributed by atoms with Gasteiger partial charge in [0.15, 0.2) is 0 Å². The minimum atomic E-state index is 0.110. The molecule has 106 valence electrons.